The van der Waals surface area contributed by atoms with Crippen molar-refractivity contribution in [2.45, 2.75) is 0 Å². The van der Waals surface area contributed by atoms with Crippen molar-refractivity contribution in [3.8, 4) is 0 Å². The Labute approximate surface area is 122 Å². The van der Waals surface area contributed by atoms with E-state index in [1.165, 1.54) is 7.11 Å². The van der Waals surface area contributed by atoms with Crippen molar-refractivity contribution < 1.29 is 14.3 Å². The highest BCUT2D eigenvalue weighted by molar-refractivity contribution is 6.10. The number of carbonyl (C=O) groups is 2. The number of nitrogens with one attached hydrogen (secondary N) is 2. The van der Waals surface area contributed by atoms with Gasteiger partial charge in [-0.25, -0.2) is 0 Å². The van der Waals surface area contributed by atoms with E-state index in [1.54, 1.807) is 48.8 Å². The number of hydrogen-bond acceptors (Lipinski definition) is 4. The SMILES string of the molecule is COCC(=O)Nc1ccccc1C(=O)Nc1cccnc1. The molecule has 1 aromatic heterocycles. The van der Waals surface area contributed by atoms with Crippen LogP contribution in [0.1, 0.15) is 10.4 Å². The summed E-state index contributed by atoms with van der Waals surface area (Å²) < 4.78 is 4.75. The van der Waals surface area contributed by atoms with Crippen LogP contribution in [0.15, 0.2) is 48.8 Å². The second kappa shape index (κ2) is 7.16. The first-order valence-corrected chi connectivity index (χ1v) is 6.30. The lowest BCUT2D eigenvalue weighted by Gasteiger charge is -2.11. The number of hydrogen-bond donors (Lipinski definition) is 2. The van der Waals surface area contributed by atoms with Crippen molar-refractivity contribution in [3.05, 3.63) is 54.4 Å². The first-order chi connectivity index (χ1) is 10.2. The van der Waals surface area contributed by atoms with E-state index in [2.05, 4.69) is 15.6 Å². The van der Waals surface area contributed by atoms with Gasteiger partial charge >= 0.3 is 0 Å². The van der Waals surface area contributed by atoms with Crippen LogP contribution in [0, 0.1) is 0 Å². The number of pyridine rings is 1. The number of aromatic nitrogens is 1. The molecule has 108 valence electrons. The Morgan fingerprint density at radius 1 is 1.14 bits per heavy atom. The van der Waals surface area contributed by atoms with Gasteiger partial charge in [0.2, 0.25) is 5.91 Å². The molecule has 0 radical (unpaired) electrons. The third-order valence-corrected chi connectivity index (χ3v) is 2.64. The van der Waals surface area contributed by atoms with Crippen LogP contribution in [-0.2, 0) is 9.53 Å². The minimum atomic E-state index is -0.323. The van der Waals surface area contributed by atoms with Crippen molar-refractivity contribution in [2.75, 3.05) is 24.4 Å². The quantitative estimate of drug-likeness (QED) is 0.879. The van der Waals surface area contributed by atoms with Gasteiger partial charge in [0.1, 0.15) is 6.61 Å². The van der Waals surface area contributed by atoms with Crippen molar-refractivity contribution in [1.29, 1.82) is 0 Å². The molecule has 0 spiro atoms. The van der Waals surface area contributed by atoms with Gasteiger partial charge < -0.3 is 15.4 Å². The van der Waals surface area contributed by atoms with Crippen molar-refractivity contribution in [3.63, 3.8) is 0 Å². The molecule has 21 heavy (non-hydrogen) atoms. The number of methoxy groups -OCH3 is 1. The fraction of sp³-hybridized carbons (Fsp3) is 0.133. The highest BCUT2D eigenvalue weighted by atomic mass is 16.5. The van der Waals surface area contributed by atoms with E-state index in [0.717, 1.165) is 0 Å². The van der Waals surface area contributed by atoms with E-state index in [-0.39, 0.29) is 18.4 Å². The van der Waals surface area contributed by atoms with Gasteiger partial charge in [-0.1, -0.05) is 12.1 Å². The van der Waals surface area contributed by atoms with Crippen LogP contribution in [-0.4, -0.2) is 30.5 Å². The number of amides is 2. The van der Waals surface area contributed by atoms with E-state index in [9.17, 15) is 9.59 Å². The van der Waals surface area contributed by atoms with Gasteiger partial charge in [0.15, 0.2) is 0 Å². The van der Waals surface area contributed by atoms with Gasteiger partial charge in [-0.05, 0) is 24.3 Å². The standard InChI is InChI=1S/C15H15N3O3/c1-21-10-14(19)18-13-7-3-2-6-12(13)15(20)17-11-5-4-8-16-9-11/h2-9H,10H2,1H3,(H,17,20)(H,18,19). The summed E-state index contributed by atoms with van der Waals surface area (Å²) in [5, 5.41) is 5.36. The van der Waals surface area contributed by atoms with Crippen LogP contribution in [0.2, 0.25) is 0 Å². The molecule has 6 heteroatoms. The lowest BCUT2D eigenvalue weighted by atomic mass is 10.1. The Morgan fingerprint density at radius 3 is 2.67 bits per heavy atom. The van der Waals surface area contributed by atoms with E-state index >= 15 is 0 Å². The monoisotopic (exact) mass is 285 g/mol. The lowest BCUT2D eigenvalue weighted by molar-refractivity contribution is -0.119. The van der Waals surface area contributed by atoms with Crippen molar-refractivity contribution in [2.24, 2.45) is 0 Å². The number of rotatable bonds is 5. The van der Waals surface area contributed by atoms with Gasteiger partial charge in [-0.15, -0.1) is 0 Å². The van der Waals surface area contributed by atoms with Crippen LogP contribution in [0.5, 0.6) is 0 Å². The smallest absolute Gasteiger partial charge is 0.257 e. The second-order valence-corrected chi connectivity index (χ2v) is 4.22. The minimum Gasteiger partial charge on any atom is -0.375 e. The zero-order chi connectivity index (χ0) is 15.1. The van der Waals surface area contributed by atoms with Crippen LogP contribution in [0.3, 0.4) is 0 Å². The molecule has 0 atom stereocenters. The fourth-order valence-corrected chi connectivity index (χ4v) is 1.74. The Hall–Kier alpha value is -2.73. The molecule has 1 heterocycles. The Kier molecular flexibility index (Phi) is 5.00. The molecule has 2 N–H and O–H groups in total. The number of benzene rings is 1. The lowest BCUT2D eigenvalue weighted by Crippen LogP contribution is -2.20. The molecular formula is C15H15N3O3. The summed E-state index contributed by atoms with van der Waals surface area (Å²) in [6.45, 7) is -0.0709. The second-order valence-electron chi connectivity index (χ2n) is 4.22. The van der Waals surface area contributed by atoms with Crippen LogP contribution in [0.25, 0.3) is 0 Å². The molecule has 2 aromatic rings. The molecule has 2 rings (SSSR count). The normalized spacial score (nSPS) is 9.95. The molecule has 0 saturated carbocycles. The summed E-state index contributed by atoms with van der Waals surface area (Å²) in [6.07, 6.45) is 3.17. The van der Waals surface area contributed by atoms with Crippen LogP contribution in [0.4, 0.5) is 11.4 Å². The summed E-state index contributed by atoms with van der Waals surface area (Å²) in [6, 6.07) is 10.2. The van der Waals surface area contributed by atoms with Gasteiger partial charge in [-0.3, -0.25) is 14.6 Å². The van der Waals surface area contributed by atoms with Crippen molar-refractivity contribution in [1.82, 2.24) is 4.98 Å². The zero-order valence-corrected chi connectivity index (χ0v) is 11.5. The maximum Gasteiger partial charge on any atom is 0.257 e. The predicted octanol–water partition coefficient (Wildman–Crippen LogP) is 1.92. The van der Waals surface area contributed by atoms with Gasteiger partial charge in [0.25, 0.3) is 5.91 Å². The van der Waals surface area contributed by atoms with Crippen molar-refractivity contribution >= 4 is 23.2 Å². The molecule has 0 bridgehead atoms. The average molecular weight is 285 g/mol. The summed E-state index contributed by atoms with van der Waals surface area (Å²) in [7, 11) is 1.43. The topological polar surface area (TPSA) is 80.3 Å². The number of ether oxygens (including phenoxy) is 1. The first kappa shape index (κ1) is 14.7. The molecule has 0 aliphatic carbocycles. The molecule has 0 aliphatic heterocycles. The van der Waals surface area contributed by atoms with E-state index in [1.807, 2.05) is 0 Å². The molecule has 2 amide bonds. The number of para-hydroxylation sites is 1. The molecule has 6 nitrogen and oxygen atoms in total. The molecule has 0 saturated heterocycles. The molecular weight excluding hydrogens is 270 g/mol. The maximum atomic E-state index is 12.3. The summed E-state index contributed by atoms with van der Waals surface area (Å²) >= 11 is 0. The molecule has 0 fully saturated rings. The molecule has 0 unspecified atom stereocenters. The number of nitrogens with zero attached hydrogens (tertiary/aromatic N) is 1. The van der Waals surface area contributed by atoms with Crippen LogP contribution >= 0.6 is 0 Å². The summed E-state index contributed by atoms with van der Waals surface area (Å²) in [4.78, 5) is 27.7. The third-order valence-electron chi connectivity index (χ3n) is 2.64. The largest absolute Gasteiger partial charge is 0.375 e. The Morgan fingerprint density at radius 2 is 1.95 bits per heavy atom. The molecule has 1 aromatic carbocycles. The van der Waals surface area contributed by atoms with Gasteiger partial charge in [0.05, 0.1) is 23.1 Å². The van der Waals surface area contributed by atoms with Gasteiger partial charge in [-0.2, -0.15) is 0 Å². The maximum absolute atomic E-state index is 12.3. The highest BCUT2D eigenvalue weighted by Gasteiger charge is 2.13. The molecule has 0 aliphatic rings. The number of carbonyl (C=O) groups excluding carboxylic acids is 2. The Bertz CT molecular complexity index is 629. The van der Waals surface area contributed by atoms with E-state index in [0.29, 0.717) is 16.9 Å². The summed E-state index contributed by atoms with van der Waals surface area (Å²) in [5.41, 5.74) is 1.38. The van der Waals surface area contributed by atoms with Crippen LogP contribution < -0.4 is 10.6 Å². The average Bonchev–Trinajstić information content (AvgIpc) is 2.49. The zero-order valence-electron chi connectivity index (χ0n) is 11.5. The predicted molar refractivity (Wildman–Crippen MR) is 79.1 cm³/mol. The first-order valence-electron chi connectivity index (χ1n) is 6.30. The van der Waals surface area contributed by atoms with Gasteiger partial charge in [0, 0.05) is 13.3 Å². The highest BCUT2D eigenvalue weighted by Crippen LogP contribution is 2.17. The third kappa shape index (κ3) is 4.12. The minimum absolute atomic E-state index is 0.0709. The van der Waals surface area contributed by atoms with E-state index < -0.39 is 0 Å². The Balaban J connectivity index is 2.15. The fourth-order valence-electron chi connectivity index (χ4n) is 1.74. The van der Waals surface area contributed by atoms with E-state index in [4.69, 9.17) is 4.74 Å². The summed E-state index contributed by atoms with van der Waals surface area (Å²) in [5.74, 6) is -0.643. The number of anilines is 2.